The van der Waals surface area contributed by atoms with Crippen molar-refractivity contribution in [1.82, 2.24) is 4.98 Å². The van der Waals surface area contributed by atoms with Crippen LogP contribution >= 0.6 is 11.6 Å². The number of aromatic nitrogens is 1. The number of amides is 1. The molecule has 1 saturated heterocycles. The van der Waals surface area contributed by atoms with E-state index in [1.165, 1.54) is 17.2 Å². The number of pyridine rings is 1. The molecule has 2 heterocycles. The molecule has 1 aliphatic rings. The average molecular weight is 228 g/mol. The van der Waals surface area contributed by atoms with Crippen LogP contribution in [0, 0.1) is 0 Å². The standard InChI is InChI=1S/C9H10ClN3O2/c10-5-1-7(14)9(12-3-5)13-4-6(11)2-8(13)15/h1,3,6,14H,2,4,11H2. The molecule has 0 spiro atoms. The van der Waals surface area contributed by atoms with Gasteiger partial charge in [0.2, 0.25) is 5.91 Å². The summed E-state index contributed by atoms with van der Waals surface area (Å²) in [4.78, 5) is 16.8. The summed E-state index contributed by atoms with van der Waals surface area (Å²) in [6, 6.07) is 1.15. The lowest BCUT2D eigenvalue weighted by atomic mass is 10.3. The Morgan fingerprint density at radius 3 is 2.93 bits per heavy atom. The van der Waals surface area contributed by atoms with Crippen molar-refractivity contribution in [2.24, 2.45) is 5.73 Å². The molecule has 0 saturated carbocycles. The number of anilines is 1. The van der Waals surface area contributed by atoms with Gasteiger partial charge in [-0.25, -0.2) is 4.98 Å². The van der Waals surface area contributed by atoms with Crippen LogP contribution in [-0.4, -0.2) is 28.6 Å². The lowest BCUT2D eigenvalue weighted by Crippen LogP contribution is -2.28. The predicted octanol–water partition coefficient (Wildman–Crippen LogP) is 0.505. The van der Waals surface area contributed by atoms with Crippen LogP contribution in [-0.2, 0) is 4.79 Å². The van der Waals surface area contributed by atoms with Crippen molar-refractivity contribution in [3.05, 3.63) is 17.3 Å². The summed E-state index contributed by atoms with van der Waals surface area (Å²) >= 11 is 5.64. The minimum atomic E-state index is -0.200. The van der Waals surface area contributed by atoms with Gasteiger partial charge in [-0.15, -0.1) is 0 Å². The molecule has 80 valence electrons. The second-order valence-corrected chi connectivity index (χ2v) is 3.90. The summed E-state index contributed by atoms with van der Waals surface area (Å²) in [5, 5.41) is 9.90. The second kappa shape index (κ2) is 3.67. The quantitative estimate of drug-likeness (QED) is 0.733. The van der Waals surface area contributed by atoms with Crippen molar-refractivity contribution in [3.8, 4) is 5.75 Å². The molecule has 5 nitrogen and oxygen atoms in total. The Kier molecular flexibility index (Phi) is 2.50. The molecule has 0 radical (unpaired) electrons. The first-order valence-corrected chi connectivity index (χ1v) is 4.86. The molecule has 0 aromatic carbocycles. The smallest absolute Gasteiger partial charge is 0.229 e. The number of halogens is 1. The SMILES string of the molecule is NC1CC(=O)N(c2ncc(Cl)cc2O)C1. The molecule has 1 aromatic rings. The number of hydrogen-bond donors (Lipinski definition) is 2. The Hall–Kier alpha value is -1.33. The molecule has 6 heteroatoms. The largest absolute Gasteiger partial charge is 0.504 e. The fourth-order valence-electron chi connectivity index (χ4n) is 1.57. The Morgan fingerprint density at radius 2 is 2.40 bits per heavy atom. The normalized spacial score (nSPS) is 21.1. The lowest BCUT2D eigenvalue weighted by Gasteiger charge is -2.15. The highest BCUT2D eigenvalue weighted by atomic mass is 35.5. The monoisotopic (exact) mass is 227 g/mol. The van der Waals surface area contributed by atoms with Crippen LogP contribution in [0.25, 0.3) is 0 Å². The van der Waals surface area contributed by atoms with E-state index in [-0.39, 0.29) is 29.9 Å². The van der Waals surface area contributed by atoms with Crippen molar-refractivity contribution in [3.63, 3.8) is 0 Å². The maximum Gasteiger partial charge on any atom is 0.229 e. The zero-order chi connectivity index (χ0) is 11.0. The van der Waals surface area contributed by atoms with Gasteiger partial charge in [0.1, 0.15) is 0 Å². The summed E-state index contributed by atoms with van der Waals surface area (Å²) in [5.74, 6) is -0.0186. The van der Waals surface area contributed by atoms with E-state index < -0.39 is 0 Å². The third-order valence-electron chi connectivity index (χ3n) is 2.22. The first kappa shape index (κ1) is 10.2. The molecular formula is C9H10ClN3O2. The van der Waals surface area contributed by atoms with Crippen LogP contribution in [0.15, 0.2) is 12.3 Å². The van der Waals surface area contributed by atoms with Crippen molar-refractivity contribution in [1.29, 1.82) is 0 Å². The minimum Gasteiger partial charge on any atom is -0.504 e. The molecular weight excluding hydrogens is 218 g/mol. The molecule has 1 atom stereocenters. The highest BCUT2D eigenvalue weighted by Gasteiger charge is 2.30. The van der Waals surface area contributed by atoms with Crippen LogP contribution in [0.4, 0.5) is 5.82 Å². The maximum atomic E-state index is 11.5. The van der Waals surface area contributed by atoms with Gasteiger partial charge in [-0.3, -0.25) is 9.69 Å². The van der Waals surface area contributed by atoms with Crippen molar-refractivity contribution in [2.75, 3.05) is 11.4 Å². The van der Waals surface area contributed by atoms with E-state index in [2.05, 4.69) is 4.98 Å². The molecule has 0 bridgehead atoms. The highest BCUT2D eigenvalue weighted by Crippen LogP contribution is 2.29. The van der Waals surface area contributed by atoms with Gasteiger partial charge in [0, 0.05) is 31.3 Å². The van der Waals surface area contributed by atoms with Crippen LogP contribution in [0.5, 0.6) is 5.75 Å². The number of carbonyl (C=O) groups is 1. The third kappa shape index (κ3) is 1.88. The van der Waals surface area contributed by atoms with Crippen molar-refractivity contribution < 1.29 is 9.90 Å². The fourth-order valence-corrected chi connectivity index (χ4v) is 1.72. The van der Waals surface area contributed by atoms with E-state index in [0.717, 1.165) is 0 Å². The van der Waals surface area contributed by atoms with E-state index in [0.29, 0.717) is 11.6 Å². The summed E-state index contributed by atoms with van der Waals surface area (Å²) in [6.07, 6.45) is 1.66. The van der Waals surface area contributed by atoms with Gasteiger partial charge in [0.05, 0.1) is 5.02 Å². The zero-order valence-electron chi connectivity index (χ0n) is 7.85. The molecule has 1 aliphatic heterocycles. The molecule has 1 unspecified atom stereocenters. The minimum absolute atomic E-state index is 0.107. The van der Waals surface area contributed by atoms with Crippen LogP contribution in [0.3, 0.4) is 0 Å². The number of carbonyl (C=O) groups excluding carboxylic acids is 1. The topological polar surface area (TPSA) is 79.5 Å². The van der Waals surface area contributed by atoms with E-state index in [1.54, 1.807) is 0 Å². The summed E-state index contributed by atoms with van der Waals surface area (Å²) in [7, 11) is 0. The van der Waals surface area contributed by atoms with Gasteiger partial charge in [-0.05, 0) is 0 Å². The van der Waals surface area contributed by atoms with Gasteiger partial charge in [0.15, 0.2) is 11.6 Å². The summed E-state index contributed by atoms with van der Waals surface area (Å²) in [5.41, 5.74) is 5.63. The lowest BCUT2D eigenvalue weighted by molar-refractivity contribution is -0.117. The Morgan fingerprint density at radius 1 is 1.67 bits per heavy atom. The van der Waals surface area contributed by atoms with Gasteiger partial charge >= 0.3 is 0 Å². The number of hydrogen-bond acceptors (Lipinski definition) is 4. The van der Waals surface area contributed by atoms with Gasteiger partial charge in [-0.2, -0.15) is 0 Å². The van der Waals surface area contributed by atoms with Crippen molar-refractivity contribution >= 4 is 23.3 Å². The Bertz CT molecular complexity index is 410. The average Bonchev–Trinajstić information content (AvgIpc) is 2.45. The summed E-state index contributed by atoms with van der Waals surface area (Å²) in [6.45, 7) is 0.376. The first-order chi connectivity index (χ1) is 7.08. The van der Waals surface area contributed by atoms with Gasteiger partial charge < -0.3 is 10.8 Å². The molecule has 0 aliphatic carbocycles. The molecule has 2 rings (SSSR count). The van der Waals surface area contributed by atoms with E-state index >= 15 is 0 Å². The van der Waals surface area contributed by atoms with E-state index in [4.69, 9.17) is 17.3 Å². The van der Waals surface area contributed by atoms with Crippen molar-refractivity contribution in [2.45, 2.75) is 12.5 Å². The molecule has 1 aromatic heterocycles. The zero-order valence-corrected chi connectivity index (χ0v) is 8.61. The number of rotatable bonds is 1. The Balaban J connectivity index is 2.34. The number of nitrogens with two attached hydrogens (primary N) is 1. The molecule has 1 fully saturated rings. The van der Waals surface area contributed by atoms with Gasteiger partial charge in [0.25, 0.3) is 0 Å². The van der Waals surface area contributed by atoms with Gasteiger partial charge in [-0.1, -0.05) is 11.6 Å². The highest BCUT2D eigenvalue weighted by molar-refractivity contribution is 6.30. The predicted molar refractivity (Wildman–Crippen MR) is 55.9 cm³/mol. The molecule has 3 N–H and O–H groups in total. The Labute approximate surface area is 91.5 Å². The van der Waals surface area contributed by atoms with Crippen LogP contribution in [0.2, 0.25) is 5.02 Å². The molecule has 1 amide bonds. The second-order valence-electron chi connectivity index (χ2n) is 3.46. The fraction of sp³-hybridized carbons (Fsp3) is 0.333. The number of nitrogens with zero attached hydrogens (tertiary/aromatic N) is 2. The van der Waals surface area contributed by atoms with E-state index in [1.807, 2.05) is 0 Å². The van der Waals surface area contributed by atoms with E-state index in [9.17, 15) is 9.90 Å². The number of aromatic hydroxyl groups is 1. The molecule has 15 heavy (non-hydrogen) atoms. The van der Waals surface area contributed by atoms with Crippen LogP contribution in [0.1, 0.15) is 6.42 Å². The summed E-state index contributed by atoms with van der Waals surface area (Å²) < 4.78 is 0. The maximum absolute atomic E-state index is 11.5. The first-order valence-electron chi connectivity index (χ1n) is 4.48. The third-order valence-corrected chi connectivity index (χ3v) is 2.43. The van der Waals surface area contributed by atoms with Crippen LogP contribution < -0.4 is 10.6 Å².